The molecule has 0 spiro atoms. The van der Waals surface area contributed by atoms with Crippen molar-refractivity contribution < 1.29 is 4.74 Å². The number of rotatable bonds is 3. The molecule has 3 nitrogen and oxygen atoms in total. The van der Waals surface area contributed by atoms with Crippen LogP contribution >= 0.6 is 15.9 Å². The molecule has 0 aliphatic rings. The average Bonchev–Trinajstić information content (AvgIpc) is 2.34. The standard InChI is InChI=1S/C14H15BrN2O/c1-9-6-12(15)3-4-13(9)18-14-10(2)5-11(7-16)8-17-14/h3-6,8H,7,16H2,1-2H3. The Hall–Kier alpha value is -1.39. The number of hydrogen-bond acceptors (Lipinski definition) is 3. The van der Waals surface area contributed by atoms with Gasteiger partial charge in [-0.15, -0.1) is 0 Å². The molecule has 0 aliphatic heterocycles. The van der Waals surface area contributed by atoms with E-state index in [1.54, 1.807) is 6.20 Å². The lowest BCUT2D eigenvalue weighted by atomic mass is 10.2. The highest BCUT2D eigenvalue weighted by Gasteiger charge is 2.06. The summed E-state index contributed by atoms with van der Waals surface area (Å²) in [6.45, 7) is 4.46. The maximum absolute atomic E-state index is 5.82. The summed E-state index contributed by atoms with van der Waals surface area (Å²) in [6, 6.07) is 7.89. The number of pyridine rings is 1. The Kier molecular flexibility index (Phi) is 3.99. The lowest BCUT2D eigenvalue weighted by Gasteiger charge is -2.10. The molecule has 2 aromatic rings. The van der Waals surface area contributed by atoms with E-state index < -0.39 is 0 Å². The Bertz CT molecular complexity index is 570. The summed E-state index contributed by atoms with van der Waals surface area (Å²) >= 11 is 3.43. The van der Waals surface area contributed by atoms with E-state index in [0.29, 0.717) is 12.4 Å². The molecule has 0 radical (unpaired) electrons. The van der Waals surface area contributed by atoms with Crippen molar-refractivity contribution in [1.29, 1.82) is 0 Å². The molecule has 2 N–H and O–H groups in total. The molecule has 0 atom stereocenters. The zero-order chi connectivity index (χ0) is 13.1. The second-order valence-corrected chi connectivity index (χ2v) is 5.10. The van der Waals surface area contributed by atoms with Gasteiger partial charge in [-0.3, -0.25) is 0 Å². The van der Waals surface area contributed by atoms with Gasteiger partial charge in [0.05, 0.1) is 0 Å². The molecule has 1 aromatic carbocycles. The van der Waals surface area contributed by atoms with Crippen LogP contribution < -0.4 is 10.5 Å². The molecule has 2 rings (SSSR count). The van der Waals surface area contributed by atoms with Gasteiger partial charge in [-0.05, 0) is 49.2 Å². The summed E-state index contributed by atoms with van der Waals surface area (Å²) in [7, 11) is 0. The van der Waals surface area contributed by atoms with Gasteiger partial charge in [0.25, 0.3) is 0 Å². The van der Waals surface area contributed by atoms with Crippen molar-refractivity contribution in [3.8, 4) is 11.6 Å². The van der Waals surface area contributed by atoms with Crippen molar-refractivity contribution in [3.05, 3.63) is 51.6 Å². The predicted octanol–water partition coefficient (Wildman–Crippen LogP) is 3.71. The summed E-state index contributed by atoms with van der Waals surface area (Å²) in [5.41, 5.74) is 8.63. The van der Waals surface area contributed by atoms with Crippen LogP contribution in [-0.4, -0.2) is 4.98 Å². The fraction of sp³-hybridized carbons (Fsp3) is 0.214. The van der Waals surface area contributed by atoms with Crippen molar-refractivity contribution >= 4 is 15.9 Å². The Morgan fingerprint density at radius 1 is 1.22 bits per heavy atom. The normalized spacial score (nSPS) is 10.4. The van der Waals surface area contributed by atoms with E-state index in [1.165, 1.54) is 0 Å². The smallest absolute Gasteiger partial charge is 0.222 e. The van der Waals surface area contributed by atoms with E-state index in [4.69, 9.17) is 10.5 Å². The first-order chi connectivity index (χ1) is 8.60. The Balaban J connectivity index is 2.28. The van der Waals surface area contributed by atoms with Crippen LogP contribution in [0.1, 0.15) is 16.7 Å². The Morgan fingerprint density at radius 3 is 2.61 bits per heavy atom. The minimum Gasteiger partial charge on any atom is -0.438 e. The van der Waals surface area contributed by atoms with Gasteiger partial charge >= 0.3 is 0 Å². The third-order valence-corrected chi connectivity index (χ3v) is 3.16. The first-order valence-electron chi connectivity index (χ1n) is 5.69. The maximum atomic E-state index is 5.82. The van der Waals surface area contributed by atoms with Gasteiger partial charge < -0.3 is 10.5 Å². The third kappa shape index (κ3) is 2.89. The van der Waals surface area contributed by atoms with Gasteiger partial charge in [0.1, 0.15) is 5.75 Å². The van der Waals surface area contributed by atoms with Gasteiger partial charge in [-0.2, -0.15) is 0 Å². The summed E-state index contributed by atoms with van der Waals surface area (Å²) in [4.78, 5) is 4.29. The van der Waals surface area contributed by atoms with E-state index in [1.807, 2.05) is 38.1 Å². The lowest BCUT2D eigenvalue weighted by Crippen LogP contribution is -1.99. The van der Waals surface area contributed by atoms with Crippen molar-refractivity contribution in [3.63, 3.8) is 0 Å². The minimum absolute atomic E-state index is 0.491. The zero-order valence-corrected chi connectivity index (χ0v) is 12.0. The topological polar surface area (TPSA) is 48.1 Å². The van der Waals surface area contributed by atoms with Crippen molar-refractivity contribution in [1.82, 2.24) is 4.98 Å². The maximum Gasteiger partial charge on any atom is 0.222 e. The molecule has 0 unspecified atom stereocenters. The largest absolute Gasteiger partial charge is 0.438 e. The second-order valence-electron chi connectivity index (χ2n) is 4.18. The fourth-order valence-electron chi connectivity index (χ4n) is 1.67. The van der Waals surface area contributed by atoms with Crippen LogP contribution in [0.15, 0.2) is 34.9 Å². The highest BCUT2D eigenvalue weighted by Crippen LogP contribution is 2.28. The summed E-state index contributed by atoms with van der Waals surface area (Å²) in [6.07, 6.45) is 1.75. The highest BCUT2D eigenvalue weighted by molar-refractivity contribution is 9.10. The number of aryl methyl sites for hydroxylation is 2. The molecule has 18 heavy (non-hydrogen) atoms. The average molecular weight is 307 g/mol. The molecule has 0 fully saturated rings. The summed E-state index contributed by atoms with van der Waals surface area (Å²) < 4.78 is 6.86. The van der Waals surface area contributed by atoms with Crippen LogP contribution in [0.4, 0.5) is 0 Å². The van der Waals surface area contributed by atoms with E-state index in [-0.39, 0.29) is 0 Å². The van der Waals surface area contributed by atoms with Crippen LogP contribution in [0.5, 0.6) is 11.6 Å². The Morgan fingerprint density at radius 2 is 2.00 bits per heavy atom. The van der Waals surface area contributed by atoms with Crippen molar-refractivity contribution in [2.24, 2.45) is 5.73 Å². The van der Waals surface area contributed by atoms with Gasteiger partial charge in [-0.1, -0.05) is 15.9 Å². The van der Waals surface area contributed by atoms with Gasteiger partial charge in [0, 0.05) is 22.8 Å². The van der Waals surface area contributed by atoms with E-state index in [9.17, 15) is 0 Å². The molecule has 0 saturated heterocycles. The number of ether oxygens (including phenoxy) is 1. The van der Waals surface area contributed by atoms with Crippen molar-refractivity contribution in [2.75, 3.05) is 0 Å². The predicted molar refractivity (Wildman–Crippen MR) is 75.8 cm³/mol. The monoisotopic (exact) mass is 306 g/mol. The van der Waals surface area contributed by atoms with Crippen LogP contribution in [0.25, 0.3) is 0 Å². The number of nitrogens with zero attached hydrogens (tertiary/aromatic N) is 1. The molecular formula is C14H15BrN2O. The molecule has 94 valence electrons. The molecule has 0 saturated carbocycles. The number of aromatic nitrogens is 1. The lowest BCUT2D eigenvalue weighted by molar-refractivity contribution is 0.455. The van der Waals surface area contributed by atoms with Crippen LogP contribution in [-0.2, 0) is 6.54 Å². The summed E-state index contributed by atoms with van der Waals surface area (Å²) in [5, 5.41) is 0. The minimum atomic E-state index is 0.491. The quantitative estimate of drug-likeness (QED) is 0.940. The number of halogens is 1. The van der Waals surface area contributed by atoms with Crippen LogP contribution in [0.2, 0.25) is 0 Å². The Labute approximate surface area is 115 Å². The van der Waals surface area contributed by atoms with E-state index >= 15 is 0 Å². The molecule has 0 bridgehead atoms. The van der Waals surface area contributed by atoms with E-state index in [2.05, 4.69) is 20.9 Å². The van der Waals surface area contributed by atoms with Crippen LogP contribution in [0.3, 0.4) is 0 Å². The SMILES string of the molecule is Cc1cc(Br)ccc1Oc1ncc(CN)cc1C. The first-order valence-corrected chi connectivity index (χ1v) is 6.49. The number of nitrogens with two attached hydrogens (primary N) is 1. The number of benzene rings is 1. The molecule has 1 aromatic heterocycles. The van der Waals surface area contributed by atoms with E-state index in [0.717, 1.165) is 26.9 Å². The first kappa shape index (κ1) is 13.1. The number of hydrogen-bond donors (Lipinski definition) is 1. The third-order valence-electron chi connectivity index (χ3n) is 2.67. The van der Waals surface area contributed by atoms with Gasteiger partial charge in [-0.25, -0.2) is 4.98 Å². The molecule has 1 heterocycles. The zero-order valence-electron chi connectivity index (χ0n) is 10.4. The van der Waals surface area contributed by atoms with Gasteiger partial charge in [0.15, 0.2) is 0 Å². The summed E-state index contributed by atoms with van der Waals surface area (Å²) in [5.74, 6) is 1.44. The van der Waals surface area contributed by atoms with Crippen LogP contribution in [0, 0.1) is 13.8 Å². The fourth-order valence-corrected chi connectivity index (χ4v) is 2.15. The molecule has 4 heteroatoms. The van der Waals surface area contributed by atoms with Gasteiger partial charge in [0.2, 0.25) is 5.88 Å². The van der Waals surface area contributed by atoms with Crippen molar-refractivity contribution in [2.45, 2.75) is 20.4 Å². The second kappa shape index (κ2) is 5.50. The molecule has 0 aliphatic carbocycles. The molecular weight excluding hydrogens is 292 g/mol. The highest BCUT2D eigenvalue weighted by atomic mass is 79.9. The molecule has 0 amide bonds.